The first-order valence-corrected chi connectivity index (χ1v) is 11.0. The quantitative estimate of drug-likeness (QED) is 0.305. The molecule has 0 N–H and O–H groups in total. The molecule has 2 aromatic heterocycles. The van der Waals surface area contributed by atoms with Gasteiger partial charge in [0.25, 0.3) is 0 Å². The lowest BCUT2D eigenvalue weighted by atomic mass is 10.1. The highest BCUT2D eigenvalue weighted by Crippen LogP contribution is 2.33. The van der Waals surface area contributed by atoms with E-state index in [1.807, 2.05) is 42.5 Å². The number of methoxy groups -OCH3 is 1. The van der Waals surface area contributed by atoms with Gasteiger partial charge in [0.15, 0.2) is 11.6 Å². The number of carbonyl (C=O) groups is 1. The van der Waals surface area contributed by atoms with E-state index in [0.29, 0.717) is 5.52 Å². The van der Waals surface area contributed by atoms with Crippen molar-refractivity contribution in [2.45, 2.75) is 26.4 Å². The van der Waals surface area contributed by atoms with Gasteiger partial charge in [-0.1, -0.05) is 44.2 Å². The fourth-order valence-electron chi connectivity index (χ4n) is 4.18. The summed E-state index contributed by atoms with van der Waals surface area (Å²) in [5.74, 6) is -0.0190. The topological polar surface area (TPSA) is 58.3 Å². The first-order valence-electron chi connectivity index (χ1n) is 11.0. The van der Waals surface area contributed by atoms with Gasteiger partial charge in [0, 0.05) is 28.2 Å². The first kappa shape index (κ1) is 21.7. The molecule has 5 aromatic rings. The van der Waals surface area contributed by atoms with Crippen LogP contribution in [0.1, 0.15) is 31.0 Å². The Bertz CT molecular complexity index is 1500. The van der Waals surface area contributed by atoms with Crippen LogP contribution in [0, 0.1) is 5.82 Å². The average molecular weight is 458 g/mol. The third kappa shape index (κ3) is 3.79. The van der Waals surface area contributed by atoms with Crippen LogP contribution in [0.5, 0.6) is 5.75 Å². The Balaban J connectivity index is 1.58. The number of rotatable bonds is 5. The van der Waals surface area contributed by atoms with Crippen LogP contribution in [0.4, 0.5) is 9.18 Å². The maximum atomic E-state index is 14.1. The van der Waals surface area contributed by atoms with Crippen LogP contribution in [-0.2, 0) is 11.3 Å². The normalized spacial score (nSPS) is 11.4. The second-order valence-corrected chi connectivity index (χ2v) is 8.44. The zero-order valence-electron chi connectivity index (χ0n) is 19.2. The minimum atomic E-state index is -0.537. The van der Waals surface area contributed by atoms with Gasteiger partial charge in [0.1, 0.15) is 6.61 Å². The monoisotopic (exact) mass is 457 g/mol. The second kappa shape index (κ2) is 8.67. The Morgan fingerprint density at radius 2 is 1.76 bits per heavy atom. The van der Waals surface area contributed by atoms with Gasteiger partial charge >= 0.3 is 6.09 Å². The molecule has 2 heterocycles. The van der Waals surface area contributed by atoms with Crippen molar-refractivity contribution in [1.82, 2.24) is 14.3 Å². The van der Waals surface area contributed by atoms with Gasteiger partial charge in [-0.25, -0.2) is 9.18 Å². The molecule has 0 amide bonds. The highest BCUT2D eigenvalue weighted by atomic mass is 19.1. The van der Waals surface area contributed by atoms with Crippen LogP contribution in [0.15, 0.2) is 72.9 Å². The van der Waals surface area contributed by atoms with Gasteiger partial charge in [-0.15, -0.1) is 0 Å². The summed E-state index contributed by atoms with van der Waals surface area (Å²) < 4.78 is 28.1. The number of aromatic nitrogens is 3. The summed E-state index contributed by atoms with van der Waals surface area (Å²) in [7, 11) is 1.45. The summed E-state index contributed by atoms with van der Waals surface area (Å²) in [6, 6.07) is 20.4. The molecule has 34 heavy (non-hydrogen) atoms. The standard InChI is InChI=1S/C27H24FN3O3/c1-17(2)23-11-19-12-25-20(13-24(19)30(23)21-9-10-22(28)26(14-21)33-3)15-29-31(25)27(32)34-16-18-7-5-4-6-8-18/h4-15,17H,16H2,1-3H3. The Morgan fingerprint density at radius 3 is 2.50 bits per heavy atom. The van der Waals surface area contributed by atoms with E-state index in [1.54, 1.807) is 18.3 Å². The van der Waals surface area contributed by atoms with Gasteiger partial charge in [0.2, 0.25) is 0 Å². The summed E-state index contributed by atoms with van der Waals surface area (Å²) in [6.45, 7) is 4.38. The fraction of sp³-hybridized carbons (Fsp3) is 0.185. The predicted molar refractivity (Wildman–Crippen MR) is 129 cm³/mol. The molecule has 0 atom stereocenters. The largest absolute Gasteiger partial charge is 0.494 e. The number of benzene rings is 3. The van der Waals surface area contributed by atoms with Crippen molar-refractivity contribution in [3.8, 4) is 11.4 Å². The van der Waals surface area contributed by atoms with Crippen LogP contribution in [0.25, 0.3) is 27.5 Å². The molecule has 0 fully saturated rings. The van der Waals surface area contributed by atoms with E-state index >= 15 is 0 Å². The number of halogens is 1. The van der Waals surface area contributed by atoms with Gasteiger partial charge < -0.3 is 14.0 Å². The Hall–Kier alpha value is -4.13. The number of carbonyl (C=O) groups excluding carboxylic acids is 1. The van der Waals surface area contributed by atoms with Gasteiger partial charge in [-0.2, -0.15) is 9.78 Å². The molecule has 0 saturated carbocycles. The minimum absolute atomic E-state index is 0.170. The van der Waals surface area contributed by atoms with Gasteiger partial charge in [-0.3, -0.25) is 0 Å². The van der Waals surface area contributed by atoms with Crippen LogP contribution >= 0.6 is 0 Å². The predicted octanol–water partition coefficient (Wildman–Crippen LogP) is 6.44. The lowest BCUT2D eigenvalue weighted by Gasteiger charge is -2.15. The summed E-state index contributed by atoms with van der Waals surface area (Å²) in [5, 5.41) is 6.01. The smallest absolute Gasteiger partial charge is 0.435 e. The third-order valence-corrected chi connectivity index (χ3v) is 5.88. The van der Waals surface area contributed by atoms with Crippen molar-refractivity contribution in [2.24, 2.45) is 0 Å². The van der Waals surface area contributed by atoms with Gasteiger partial charge in [0.05, 0.1) is 24.3 Å². The molecule has 0 aliphatic rings. The maximum absolute atomic E-state index is 14.1. The van der Waals surface area contributed by atoms with E-state index in [1.165, 1.54) is 17.9 Å². The maximum Gasteiger partial charge on any atom is 0.435 e. The zero-order chi connectivity index (χ0) is 23.8. The molecule has 0 aliphatic carbocycles. The SMILES string of the molecule is COc1cc(-n2c(C(C)C)cc3cc4c(cnn4C(=O)OCc4ccccc4)cc32)ccc1F. The van der Waals surface area contributed by atoms with E-state index < -0.39 is 11.9 Å². The molecule has 0 unspecified atom stereocenters. The number of ether oxygens (including phenoxy) is 2. The second-order valence-electron chi connectivity index (χ2n) is 8.44. The average Bonchev–Trinajstić information content (AvgIpc) is 3.43. The molecule has 0 saturated heterocycles. The molecule has 172 valence electrons. The summed E-state index contributed by atoms with van der Waals surface area (Å²) in [6.07, 6.45) is 1.11. The summed E-state index contributed by atoms with van der Waals surface area (Å²) in [4.78, 5) is 12.8. The van der Waals surface area contributed by atoms with E-state index in [4.69, 9.17) is 9.47 Å². The van der Waals surface area contributed by atoms with Crippen molar-refractivity contribution < 1.29 is 18.7 Å². The number of hydrogen-bond donors (Lipinski definition) is 0. The van der Waals surface area contributed by atoms with Crippen molar-refractivity contribution >= 4 is 27.9 Å². The van der Waals surface area contributed by atoms with Crippen LogP contribution in [-0.4, -0.2) is 27.6 Å². The Kier molecular flexibility index (Phi) is 5.53. The molecule has 5 rings (SSSR count). The molecule has 0 spiro atoms. The number of hydrogen-bond acceptors (Lipinski definition) is 4. The highest BCUT2D eigenvalue weighted by molar-refractivity contribution is 5.99. The molecular formula is C27H24FN3O3. The van der Waals surface area contributed by atoms with Crippen molar-refractivity contribution in [3.05, 3.63) is 90.0 Å². The molecule has 0 bridgehead atoms. The van der Waals surface area contributed by atoms with E-state index in [9.17, 15) is 9.18 Å². The fourth-order valence-corrected chi connectivity index (χ4v) is 4.18. The summed E-state index contributed by atoms with van der Waals surface area (Å²) >= 11 is 0. The van der Waals surface area contributed by atoms with E-state index in [0.717, 1.165) is 33.2 Å². The minimum Gasteiger partial charge on any atom is -0.494 e. The van der Waals surface area contributed by atoms with Crippen molar-refractivity contribution in [1.29, 1.82) is 0 Å². The van der Waals surface area contributed by atoms with Crippen molar-refractivity contribution in [2.75, 3.05) is 7.11 Å². The Labute approximate surface area is 196 Å². The third-order valence-electron chi connectivity index (χ3n) is 5.88. The number of nitrogens with zero attached hydrogens (tertiary/aromatic N) is 3. The van der Waals surface area contributed by atoms with E-state index in [-0.39, 0.29) is 18.3 Å². The molecule has 0 radical (unpaired) electrons. The van der Waals surface area contributed by atoms with Crippen LogP contribution in [0.3, 0.4) is 0 Å². The van der Waals surface area contributed by atoms with Crippen LogP contribution in [0.2, 0.25) is 0 Å². The lowest BCUT2D eigenvalue weighted by Crippen LogP contribution is -2.14. The molecule has 3 aromatic carbocycles. The molecule has 7 heteroatoms. The van der Waals surface area contributed by atoms with Gasteiger partial charge in [-0.05, 0) is 41.8 Å². The molecule has 0 aliphatic heterocycles. The zero-order valence-corrected chi connectivity index (χ0v) is 19.2. The van der Waals surface area contributed by atoms with E-state index in [2.05, 4.69) is 29.6 Å². The lowest BCUT2D eigenvalue weighted by molar-refractivity contribution is 0.139. The van der Waals surface area contributed by atoms with Crippen molar-refractivity contribution in [3.63, 3.8) is 0 Å². The molecular weight excluding hydrogens is 433 g/mol. The molecule has 6 nitrogen and oxygen atoms in total. The number of fused-ring (bicyclic) bond motifs is 2. The Morgan fingerprint density at radius 1 is 1.00 bits per heavy atom. The highest BCUT2D eigenvalue weighted by Gasteiger charge is 2.19. The first-order chi connectivity index (χ1) is 16.5. The van der Waals surface area contributed by atoms with Crippen LogP contribution < -0.4 is 4.74 Å². The summed E-state index contributed by atoms with van der Waals surface area (Å²) in [5.41, 5.74) is 4.35.